The Balaban J connectivity index is 1.57. The first-order valence-electron chi connectivity index (χ1n) is 8.02. The van der Waals surface area contributed by atoms with Crippen molar-refractivity contribution in [2.24, 2.45) is 5.92 Å². The van der Waals surface area contributed by atoms with Gasteiger partial charge in [0.15, 0.2) is 0 Å². The molecule has 3 heterocycles. The number of anilines is 1. The van der Waals surface area contributed by atoms with Crippen LogP contribution in [0.25, 0.3) is 0 Å². The van der Waals surface area contributed by atoms with Gasteiger partial charge in [-0.25, -0.2) is 0 Å². The van der Waals surface area contributed by atoms with Crippen LogP contribution in [0.1, 0.15) is 19.3 Å². The van der Waals surface area contributed by atoms with Crippen LogP contribution in [0.2, 0.25) is 0 Å². The maximum absolute atomic E-state index is 11.8. The second-order valence-corrected chi connectivity index (χ2v) is 6.53. The molecule has 2 saturated heterocycles. The second kappa shape index (κ2) is 6.20. The first kappa shape index (κ1) is 14.6. The van der Waals surface area contributed by atoms with E-state index >= 15 is 0 Å². The molecule has 0 saturated carbocycles. The molecule has 0 aromatic carbocycles. The van der Waals surface area contributed by atoms with Gasteiger partial charge in [0.2, 0.25) is 0 Å². The van der Waals surface area contributed by atoms with E-state index in [1.807, 2.05) is 0 Å². The largest absolute Gasteiger partial charge is 0.398 e. The first-order valence-corrected chi connectivity index (χ1v) is 8.02. The minimum atomic E-state index is 0.0384. The molecule has 0 spiro atoms. The fourth-order valence-electron chi connectivity index (χ4n) is 3.90. The molecule has 5 nitrogen and oxygen atoms in total. The molecule has 2 atom stereocenters. The highest BCUT2D eigenvalue weighted by Gasteiger charge is 2.33. The number of likely N-dealkylation sites (tertiary alicyclic amines) is 2. The molecule has 2 aliphatic heterocycles. The lowest BCUT2D eigenvalue weighted by Gasteiger charge is -2.46. The molecule has 2 fully saturated rings. The minimum absolute atomic E-state index is 0.0384. The molecular weight excluding hydrogens is 264 g/mol. The summed E-state index contributed by atoms with van der Waals surface area (Å²) in [5.41, 5.74) is 6.45. The van der Waals surface area contributed by atoms with E-state index in [4.69, 9.17) is 5.73 Å². The normalized spacial score (nSPS) is 27.5. The highest BCUT2D eigenvalue weighted by Crippen LogP contribution is 2.29. The van der Waals surface area contributed by atoms with Crippen LogP contribution in [0.4, 0.5) is 5.69 Å². The molecule has 3 rings (SSSR count). The van der Waals surface area contributed by atoms with E-state index in [-0.39, 0.29) is 5.56 Å². The summed E-state index contributed by atoms with van der Waals surface area (Å²) in [7, 11) is 2.26. The minimum Gasteiger partial charge on any atom is -0.398 e. The van der Waals surface area contributed by atoms with Crippen LogP contribution in [0.5, 0.6) is 0 Å². The number of fused-ring (bicyclic) bond motifs is 1. The molecule has 2 aliphatic rings. The van der Waals surface area contributed by atoms with Crippen LogP contribution in [0.3, 0.4) is 0 Å². The molecule has 0 bridgehead atoms. The van der Waals surface area contributed by atoms with Crippen molar-refractivity contribution in [2.75, 3.05) is 39.0 Å². The van der Waals surface area contributed by atoms with Crippen molar-refractivity contribution < 1.29 is 0 Å². The van der Waals surface area contributed by atoms with Crippen molar-refractivity contribution in [3.63, 3.8) is 0 Å². The number of nitrogen functional groups attached to an aromatic ring is 1. The molecule has 0 amide bonds. The Bertz CT molecular complexity index is 541. The van der Waals surface area contributed by atoms with E-state index < -0.39 is 0 Å². The summed E-state index contributed by atoms with van der Waals surface area (Å²) in [5.74, 6) is 0.801. The molecule has 0 aliphatic carbocycles. The lowest BCUT2D eigenvalue weighted by atomic mass is 9.84. The lowest BCUT2D eigenvalue weighted by molar-refractivity contribution is 0.0373. The number of piperidine rings is 2. The average molecular weight is 290 g/mol. The van der Waals surface area contributed by atoms with Crippen molar-refractivity contribution >= 4 is 5.69 Å². The van der Waals surface area contributed by atoms with E-state index in [9.17, 15) is 4.79 Å². The number of nitrogens with zero attached hydrogens (tertiary/aromatic N) is 3. The standard InChI is InChI=1S/C16H26N4O/c1-18-7-2-3-13-11-19(8-6-15(13)18)9-10-20-12-14(17)4-5-16(20)21/h4-5,12-13,15H,2-3,6-11,17H2,1H3. The number of nitrogens with two attached hydrogens (primary N) is 1. The third kappa shape index (κ3) is 3.30. The third-order valence-electron chi connectivity index (χ3n) is 5.09. The van der Waals surface area contributed by atoms with Gasteiger partial charge in [-0.15, -0.1) is 0 Å². The van der Waals surface area contributed by atoms with E-state index in [1.165, 1.54) is 32.4 Å². The van der Waals surface area contributed by atoms with Crippen molar-refractivity contribution in [2.45, 2.75) is 31.8 Å². The smallest absolute Gasteiger partial charge is 0.250 e. The summed E-state index contributed by atoms with van der Waals surface area (Å²) in [6.07, 6.45) is 5.68. The van der Waals surface area contributed by atoms with Gasteiger partial charge >= 0.3 is 0 Å². The van der Waals surface area contributed by atoms with E-state index in [0.717, 1.165) is 31.6 Å². The topological polar surface area (TPSA) is 54.5 Å². The van der Waals surface area contributed by atoms with Crippen LogP contribution in [0, 0.1) is 5.92 Å². The number of hydrogen-bond acceptors (Lipinski definition) is 4. The summed E-state index contributed by atoms with van der Waals surface area (Å²) in [5, 5.41) is 0. The Hall–Kier alpha value is -1.33. The van der Waals surface area contributed by atoms with Crippen molar-refractivity contribution in [3.05, 3.63) is 28.7 Å². The predicted molar refractivity (Wildman–Crippen MR) is 85.3 cm³/mol. The van der Waals surface area contributed by atoms with Crippen LogP contribution < -0.4 is 11.3 Å². The van der Waals surface area contributed by atoms with Gasteiger partial charge in [-0.2, -0.15) is 0 Å². The number of pyridine rings is 1. The predicted octanol–water partition coefficient (Wildman–Crippen LogP) is 0.847. The van der Waals surface area contributed by atoms with Crippen molar-refractivity contribution in [1.29, 1.82) is 0 Å². The Morgan fingerprint density at radius 1 is 1.24 bits per heavy atom. The molecule has 1 aromatic heterocycles. The number of aromatic nitrogens is 1. The van der Waals surface area contributed by atoms with Crippen molar-refractivity contribution in [1.82, 2.24) is 14.4 Å². The molecule has 5 heteroatoms. The molecule has 0 radical (unpaired) electrons. The van der Waals surface area contributed by atoms with Gasteiger partial charge < -0.3 is 20.1 Å². The van der Waals surface area contributed by atoms with Crippen molar-refractivity contribution in [3.8, 4) is 0 Å². The van der Waals surface area contributed by atoms with E-state index in [2.05, 4.69) is 16.8 Å². The Labute approximate surface area is 126 Å². The fourth-order valence-corrected chi connectivity index (χ4v) is 3.90. The lowest BCUT2D eigenvalue weighted by Crippen LogP contribution is -2.53. The fraction of sp³-hybridized carbons (Fsp3) is 0.688. The van der Waals surface area contributed by atoms with Gasteiger partial charge in [0, 0.05) is 43.6 Å². The quantitative estimate of drug-likeness (QED) is 0.896. The summed E-state index contributed by atoms with van der Waals surface area (Å²) in [6, 6.07) is 3.99. The van der Waals surface area contributed by atoms with Crippen LogP contribution in [-0.2, 0) is 6.54 Å². The Kier molecular flexibility index (Phi) is 4.31. The maximum Gasteiger partial charge on any atom is 0.250 e. The monoisotopic (exact) mass is 290 g/mol. The van der Waals surface area contributed by atoms with Gasteiger partial charge in [-0.3, -0.25) is 4.79 Å². The molecule has 2 N–H and O–H groups in total. The summed E-state index contributed by atoms with van der Waals surface area (Å²) in [4.78, 5) is 16.8. The van der Waals surface area contributed by atoms with Crippen LogP contribution in [-0.4, -0.2) is 53.6 Å². The zero-order valence-electron chi connectivity index (χ0n) is 12.9. The van der Waals surface area contributed by atoms with Gasteiger partial charge in [-0.05, 0) is 51.4 Å². The summed E-state index contributed by atoms with van der Waals surface area (Å²) >= 11 is 0. The Morgan fingerprint density at radius 2 is 2.10 bits per heavy atom. The highest BCUT2D eigenvalue weighted by atomic mass is 16.1. The number of rotatable bonds is 3. The molecule has 2 unspecified atom stereocenters. The number of hydrogen-bond donors (Lipinski definition) is 1. The third-order valence-corrected chi connectivity index (χ3v) is 5.09. The Morgan fingerprint density at radius 3 is 2.95 bits per heavy atom. The highest BCUT2D eigenvalue weighted by molar-refractivity contribution is 5.33. The summed E-state index contributed by atoms with van der Waals surface area (Å²) < 4.78 is 1.73. The zero-order chi connectivity index (χ0) is 14.8. The SMILES string of the molecule is CN1CCCC2CN(CCn3cc(N)ccc3=O)CCC21. The van der Waals surface area contributed by atoms with Gasteiger partial charge in [-0.1, -0.05) is 0 Å². The average Bonchev–Trinajstić information content (AvgIpc) is 2.48. The van der Waals surface area contributed by atoms with Crippen LogP contribution >= 0.6 is 0 Å². The molecule has 21 heavy (non-hydrogen) atoms. The summed E-state index contributed by atoms with van der Waals surface area (Å²) in [6.45, 7) is 5.24. The van der Waals surface area contributed by atoms with Crippen LogP contribution in [0.15, 0.2) is 23.1 Å². The maximum atomic E-state index is 11.8. The first-order chi connectivity index (χ1) is 10.1. The molecule has 116 valence electrons. The van der Waals surface area contributed by atoms with Gasteiger partial charge in [0.25, 0.3) is 5.56 Å². The van der Waals surface area contributed by atoms with Gasteiger partial charge in [0.05, 0.1) is 0 Å². The van der Waals surface area contributed by atoms with E-state index in [0.29, 0.717) is 5.69 Å². The van der Waals surface area contributed by atoms with E-state index in [1.54, 1.807) is 22.9 Å². The molecule has 1 aromatic rings. The molecular formula is C16H26N4O. The second-order valence-electron chi connectivity index (χ2n) is 6.53. The zero-order valence-corrected chi connectivity index (χ0v) is 12.9. The van der Waals surface area contributed by atoms with Gasteiger partial charge in [0.1, 0.15) is 0 Å².